The molecule has 2 amide bonds. The van der Waals surface area contributed by atoms with Crippen molar-refractivity contribution in [3.8, 4) is 0 Å². The second kappa shape index (κ2) is 8.32. The van der Waals surface area contributed by atoms with Crippen LogP contribution in [-0.2, 0) is 22.1 Å². The third kappa shape index (κ3) is 4.63. The number of amides is 2. The number of alkyl halides is 3. The van der Waals surface area contributed by atoms with Gasteiger partial charge in [0.1, 0.15) is 6.61 Å². The molecule has 1 fully saturated rings. The summed E-state index contributed by atoms with van der Waals surface area (Å²) in [7, 11) is 0. The summed E-state index contributed by atoms with van der Waals surface area (Å²) in [6.45, 7) is 2.46. The largest absolute Gasteiger partial charge is 0.490 e. The van der Waals surface area contributed by atoms with Crippen molar-refractivity contribution in [3.05, 3.63) is 46.7 Å². The predicted molar refractivity (Wildman–Crippen MR) is 104 cm³/mol. The molecule has 1 saturated heterocycles. The maximum absolute atomic E-state index is 12.9. The predicted octanol–water partition coefficient (Wildman–Crippen LogP) is 4.03. The van der Waals surface area contributed by atoms with Crippen LogP contribution in [0.25, 0.3) is 0 Å². The number of hydrogen-bond acceptors (Lipinski definition) is 3. The van der Waals surface area contributed by atoms with Crippen LogP contribution in [0.4, 0.5) is 18.0 Å². The van der Waals surface area contributed by atoms with Gasteiger partial charge in [0.05, 0.1) is 11.3 Å². The molecule has 0 spiro atoms. The topological polar surface area (TPSA) is 49.9 Å². The quantitative estimate of drug-likeness (QED) is 0.723. The average molecular weight is 422 g/mol. The van der Waals surface area contributed by atoms with Gasteiger partial charge in [0.15, 0.2) is 5.78 Å². The van der Waals surface area contributed by atoms with Crippen LogP contribution in [-0.4, -0.2) is 54.4 Å². The molecule has 1 aromatic carbocycles. The Bertz CT molecular complexity index is 840. The molecule has 0 N–H and O–H groups in total. The molecule has 8 heteroatoms. The molecule has 0 unspecified atom stereocenters. The van der Waals surface area contributed by atoms with Crippen molar-refractivity contribution >= 4 is 11.8 Å². The molecule has 3 aliphatic rings. The smallest absolute Gasteiger partial charge is 0.416 e. The molecule has 3 heterocycles. The maximum Gasteiger partial charge on any atom is 0.416 e. The Hall–Kier alpha value is -2.51. The molecule has 0 bridgehead atoms. The summed E-state index contributed by atoms with van der Waals surface area (Å²) in [5.74, 6) is 1.27. The van der Waals surface area contributed by atoms with Crippen LogP contribution in [0.15, 0.2) is 35.6 Å². The van der Waals surface area contributed by atoms with Gasteiger partial charge in [-0.15, -0.1) is 0 Å². The number of carbonyl (C=O) groups excluding carboxylic acids is 2. The number of rotatable bonds is 2. The molecular formula is C22H25F3N2O3. The molecule has 0 aromatic heterocycles. The fourth-order valence-corrected chi connectivity index (χ4v) is 4.45. The summed E-state index contributed by atoms with van der Waals surface area (Å²) in [6.07, 6.45) is -0.911. The highest BCUT2D eigenvalue weighted by atomic mass is 19.4. The van der Waals surface area contributed by atoms with E-state index in [-0.39, 0.29) is 18.4 Å². The minimum atomic E-state index is -4.31. The highest BCUT2D eigenvalue weighted by Crippen LogP contribution is 2.31. The van der Waals surface area contributed by atoms with Crippen molar-refractivity contribution in [1.82, 2.24) is 9.80 Å². The third-order valence-electron chi connectivity index (χ3n) is 6.16. The molecule has 0 saturated carbocycles. The Morgan fingerprint density at radius 2 is 1.77 bits per heavy atom. The van der Waals surface area contributed by atoms with Crippen molar-refractivity contribution in [2.45, 2.75) is 38.3 Å². The summed E-state index contributed by atoms with van der Waals surface area (Å²) in [5, 5.41) is 0. The summed E-state index contributed by atoms with van der Waals surface area (Å²) >= 11 is 0. The number of halogens is 3. The van der Waals surface area contributed by atoms with Crippen LogP contribution in [0.5, 0.6) is 0 Å². The SMILES string of the molecule is O=C1COC2=C(C1)CN(C(=O)N1CCC(Cc3ccc(C(F)(F)F)cc3)CC1)CC2. The monoisotopic (exact) mass is 422 g/mol. The normalized spacial score (nSPS) is 20.8. The van der Waals surface area contributed by atoms with E-state index in [2.05, 4.69) is 0 Å². The van der Waals surface area contributed by atoms with E-state index in [4.69, 9.17) is 4.74 Å². The fourth-order valence-electron chi connectivity index (χ4n) is 4.45. The van der Waals surface area contributed by atoms with Crippen molar-refractivity contribution in [2.24, 2.45) is 5.92 Å². The van der Waals surface area contributed by atoms with Gasteiger partial charge in [0.2, 0.25) is 0 Å². The summed E-state index contributed by atoms with van der Waals surface area (Å²) in [5.41, 5.74) is 1.19. The zero-order chi connectivity index (χ0) is 21.3. The van der Waals surface area contributed by atoms with Gasteiger partial charge in [-0.2, -0.15) is 13.2 Å². The number of ether oxygens (including phenoxy) is 1. The van der Waals surface area contributed by atoms with Gasteiger partial charge in [-0.05, 0) is 48.4 Å². The van der Waals surface area contributed by atoms with Crippen LogP contribution in [0.1, 0.15) is 36.8 Å². The first-order valence-electron chi connectivity index (χ1n) is 10.3. The minimum Gasteiger partial charge on any atom is -0.490 e. The van der Waals surface area contributed by atoms with Crippen molar-refractivity contribution in [2.75, 3.05) is 32.8 Å². The van der Waals surface area contributed by atoms with Gasteiger partial charge in [0.25, 0.3) is 0 Å². The molecule has 1 aromatic rings. The summed E-state index contributed by atoms with van der Waals surface area (Å²) in [4.78, 5) is 28.2. The number of nitrogens with zero attached hydrogens (tertiary/aromatic N) is 2. The number of Topliss-reactive ketones (excluding diaryl/α,β-unsaturated/α-hetero) is 1. The Morgan fingerprint density at radius 1 is 1.07 bits per heavy atom. The number of likely N-dealkylation sites (tertiary alicyclic amines) is 1. The summed E-state index contributed by atoms with van der Waals surface area (Å²) in [6, 6.07) is 5.35. The van der Waals surface area contributed by atoms with Gasteiger partial charge in [0, 0.05) is 39.0 Å². The van der Waals surface area contributed by atoms with Crippen LogP contribution in [0.3, 0.4) is 0 Å². The van der Waals surface area contributed by atoms with E-state index in [9.17, 15) is 22.8 Å². The number of ketones is 1. The van der Waals surface area contributed by atoms with E-state index in [1.807, 2.05) is 4.90 Å². The van der Waals surface area contributed by atoms with Gasteiger partial charge < -0.3 is 14.5 Å². The number of hydrogen-bond donors (Lipinski definition) is 0. The van der Waals surface area contributed by atoms with Crippen LogP contribution in [0, 0.1) is 5.92 Å². The first kappa shape index (κ1) is 20.8. The lowest BCUT2D eigenvalue weighted by Crippen LogP contribution is -2.49. The van der Waals surface area contributed by atoms with E-state index >= 15 is 0 Å². The average Bonchev–Trinajstić information content (AvgIpc) is 2.73. The highest BCUT2D eigenvalue weighted by molar-refractivity contribution is 5.84. The molecular weight excluding hydrogens is 397 g/mol. The van der Waals surface area contributed by atoms with E-state index in [1.165, 1.54) is 0 Å². The van der Waals surface area contributed by atoms with Crippen LogP contribution < -0.4 is 0 Å². The van der Waals surface area contributed by atoms with Gasteiger partial charge >= 0.3 is 12.2 Å². The van der Waals surface area contributed by atoms with Crippen molar-refractivity contribution in [3.63, 3.8) is 0 Å². The molecule has 0 radical (unpaired) electrons. The van der Waals surface area contributed by atoms with Crippen LogP contribution in [0.2, 0.25) is 0 Å². The van der Waals surface area contributed by atoms with Crippen molar-refractivity contribution in [1.29, 1.82) is 0 Å². The lowest BCUT2D eigenvalue weighted by Gasteiger charge is -2.38. The molecule has 3 aliphatic heterocycles. The molecule has 4 rings (SSSR count). The second-order valence-electron chi connectivity index (χ2n) is 8.31. The maximum atomic E-state index is 12.9. The van der Waals surface area contributed by atoms with E-state index in [1.54, 1.807) is 17.0 Å². The molecule has 0 aliphatic carbocycles. The number of benzene rings is 1. The van der Waals surface area contributed by atoms with E-state index in [0.29, 0.717) is 44.9 Å². The van der Waals surface area contributed by atoms with E-state index in [0.717, 1.165) is 48.3 Å². The highest BCUT2D eigenvalue weighted by Gasteiger charge is 2.32. The van der Waals surface area contributed by atoms with E-state index < -0.39 is 11.7 Å². The molecule has 0 atom stereocenters. The number of urea groups is 1. The molecule has 5 nitrogen and oxygen atoms in total. The Morgan fingerprint density at radius 3 is 2.43 bits per heavy atom. The van der Waals surface area contributed by atoms with Crippen LogP contribution >= 0.6 is 0 Å². The molecule has 162 valence electrons. The molecule has 30 heavy (non-hydrogen) atoms. The van der Waals surface area contributed by atoms with Gasteiger partial charge in [-0.3, -0.25) is 4.79 Å². The lowest BCUT2D eigenvalue weighted by molar-refractivity contribution is -0.137. The second-order valence-corrected chi connectivity index (χ2v) is 8.31. The van der Waals surface area contributed by atoms with Crippen molar-refractivity contribution < 1.29 is 27.5 Å². The summed E-state index contributed by atoms with van der Waals surface area (Å²) < 4.78 is 43.6. The minimum absolute atomic E-state index is 0.00690. The number of piperidine rings is 1. The Balaban J connectivity index is 1.28. The zero-order valence-corrected chi connectivity index (χ0v) is 16.7. The first-order chi connectivity index (χ1) is 14.3. The Labute approximate surface area is 173 Å². The standard InChI is InChI=1S/C22H25F3N2O3/c23-22(24,25)18-3-1-15(2-4-18)11-16-5-8-26(9-6-16)21(29)27-10-7-20-17(13-27)12-19(28)14-30-20/h1-4,16H,5-14H2. The van der Waals surface area contributed by atoms with Gasteiger partial charge in [-0.1, -0.05) is 12.1 Å². The first-order valence-corrected chi connectivity index (χ1v) is 10.3. The third-order valence-corrected chi connectivity index (χ3v) is 6.16. The van der Waals surface area contributed by atoms with Gasteiger partial charge in [-0.25, -0.2) is 4.79 Å². The zero-order valence-electron chi connectivity index (χ0n) is 16.7. The fraction of sp³-hybridized carbons (Fsp3) is 0.545. The Kier molecular flexibility index (Phi) is 5.75. The number of carbonyl (C=O) groups is 2. The lowest BCUT2D eigenvalue weighted by atomic mass is 9.90.